The molecule has 0 aromatic carbocycles. The van der Waals surface area contributed by atoms with E-state index in [9.17, 15) is 9.59 Å². The van der Waals surface area contributed by atoms with Gasteiger partial charge in [0.25, 0.3) is 5.91 Å². The number of aliphatic carboxylic acids is 1. The second-order valence-corrected chi connectivity index (χ2v) is 5.16. The number of carbonyl (C=O) groups is 2. The van der Waals surface area contributed by atoms with Gasteiger partial charge >= 0.3 is 5.97 Å². The van der Waals surface area contributed by atoms with Crippen molar-refractivity contribution in [2.75, 3.05) is 19.6 Å². The number of hydrogen-bond acceptors (Lipinski definition) is 4. The number of fused-ring (bicyclic) bond motifs is 2. The van der Waals surface area contributed by atoms with Crippen LogP contribution in [0.25, 0.3) is 0 Å². The molecule has 3 heterocycles. The molecule has 6 heteroatoms. The number of carboxylic acids is 1. The molecule has 0 radical (unpaired) electrons. The first kappa shape index (κ1) is 12.2. The first-order valence-corrected chi connectivity index (χ1v) is 6.45. The van der Waals surface area contributed by atoms with E-state index < -0.39 is 5.97 Å². The normalized spacial score (nSPS) is 26.6. The second kappa shape index (κ2) is 4.70. The van der Waals surface area contributed by atoms with Gasteiger partial charge in [-0.25, -0.2) is 0 Å². The molecular formula is C13H16N2O4. The van der Waals surface area contributed by atoms with Crippen LogP contribution < -0.4 is 0 Å². The minimum Gasteiger partial charge on any atom is -0.480 e. The van der Waals surface area contributed by atoms with Crippen molar-refractivity contribution in [3.05, 3.63) is 24.2 Å². The first-order chi connectivity index (χ1) is 9.15. The summed E-state index contributed by atoms with van der Waals surface area (Å²) in [5.41, 5.74) is 0. The third-order valence-electron chi connectivity index (χ3n) is 3.88. The Labute approximate surface area is 110 Å². The summed E-state index contributed by atoms with van der Waals surface area (Å²) in [5, 5.41) is 8.85. The topological polar surface area (TPSA) is 74.0 Å². The summed E-state index contributed by atoms with van der Waals surface area (Å²) in [4.78, 5) is 26.9. The van der Waals surface area contributed by atoms with Gasteiger partial charge in [0.15, 0.2) is 5.76 Å². The van der Waals surface area contributed by atoms with Gasteiger partial charge in [0.1, 0.15) is 0 Å². The number of rotatable bonds is 3. The average Bonchev–Trinajstić information content (AvgIpc) is 2.95. The molecule has 2 atom stereocenters. The number of hydrogen-bond donors (Lipinski definition) is 1. The Morgan fingerprint density at radius 3 is 2.53 bits per heavy atom. The molecule has 1 aromatic rings. The van der Waals surface area contributed by atoms with E-state index in [0.29, 0.717) is 18.8 Å². The zero-order chi connectivity index (χ0) is 13.4. The minimum absolute atomic E-state index is 0.0514. The number of amides is 1. The van der Waals surface area contributed by atoms with Crippen molar-refractivity contribution in [1.29, 1.82) is 0 Å². The zero-order valence-corrected chi connectivity index (χ0v) is 10.5. The molecule has 1 aromatic heterocycles. The van der Waals surface area contributed by atoms with E-state index in [1.54, 1.807) is 12.1 Å². The van der Waals surface area contributed by atoms with Crippen LogP contribution in [0.5, 0.6) is 0 Å². The molecule has 2 bridgehead atoms. The van der Waals surface area contributed by atoms with Crippen LogP contribution >= 0.6 is 0 Å². The molecule has 0 spiro atoms. The summed E-state index contributed by atoms with van der Waals surface area (Å²) in [6, 6.07) is 3.59. The number of nitrogens with zero attached hydrogens (tertiary/aromatic N) is 2. The Morgan fingerprint density at radius 1 is 1.32 bits per heavy atom. The summed E-state index contributed by atoms with van der Waals surface area (Å²) in [7, 11) is 0. The second-order valence-electron chi connectivity index (χ2n) is 5.16. The maximum Gasteiger partial charge on any atom is 0.317 e. The largest absolute Gasteiger partial charge is 0.480 e. The summed E-state index contributed by atoms with van der Waals surface area (Å²) in [6.07, 6.45) is 3.37. The third kappa shape index (κ3) is 2.23. The predicted molar refractivity (Wildman–Crippen MR) is 65.8 cm³/mol. The van der Waals surface area contributed by atoms with Gasteiger partial charge < -0.3 is 14.4 Å². The van der Waals surface area contributed by atoms with Crippen LogP contribution in [-0.2, 0) is 4.79 Å². The number of piperazine rings is 1. The average molecular weight is 264 g/mol. The molecule has 3 rings (SSSR count). The van der Waals surface area contributed by atoms with E-state index in [-0.39, 0.29) is 24.5 Å². The molecule has 2 aliphatic heterocycles. The van der Waals surface area contributed by atoms with Crippen LogP contribution in [0.3, 0.4) is 0 Å². The molecule has 6 nitrogen and oxygen atoms in total. The van der Waals surface area contributed by atoms with Crippen molar-refractivity contribution in [2.45, 2.75) is 24.9 Å². The Morgan fingerprint density at radius 2 is 2.00 bits per heavy atom. The van der Waals surface area contributed by atoms with Crippen molar-refractivity contribution >= 4 is 11.9 Å². The maximum atomic E-state index is 12.3. The SMILES string of the molecule is O=C(O)CN1C[C@H]2CC[C@@H](C1)N2C(=O)c1ccco1. The zero-order valence-electron chi connectivity index (χ0n) is 10.5. The van der Waals surface area contributed by atoms with E-state index in [2.05, 4.69) is 0 Å². The maximum absolute atomic E-state index is 12.3. The van der Waals surface area contributed by atoms with Crippen molar-refractivity contribution in [2.24, 2.45) is 0 Å². The van der Waals surface area contributed by atoms with Crippen LogP contribution in [0, 0.1) is 0 Å². The van der Waals surface area contributed by atoms with E-state index >= 15 is 0 Å². The number of carbonyl (C=O) groups excluding carboxylic acids is 1. The fourth-order valence-electron chi connectivity index (χ4n) is 3.17. The van der Waals surface area contributed by atoms with Crippen LogP contribution in [-0.4, -0.2) is 58.5 Å². The van der Waals surface area contributed by atoms with Gasteiger partial charge in [-0.1, -0.05) is 0 Å². The molecule has 2 fully saturated rings. The molecule has 0 saturated carbocycles. The van der Waals surface area contributed by atoms with E-state index in [0.717, 1.165) is 12.8 Å². The molecule has 102 valence electrons. The molecule has 1 amide bonds. The highest BCUT2D eigenvalue weighted by Crippen LogP contribution is 2.31. The molecule has 2 saturated heterocycles. The number of furan rings is 1. The highest BCUT2D eigenvalue weighted by atomic mass is 16.4. The van der Waals surface area contributed by atoms with Gasteiger partial charge in [-0.05, 0) is 25.0 Å². The Kier molecular flexibility index (Phi) is 3.02. The van der Waals surface area contributed by atoms with E-state index in [1.165, 1.54) is 6.26 Å². The van der Waals surface area contributed by atoms with Gasteiger partial charge in [0.2, 0.25) is 0 Å². The smallest absolute Gasteiger partial charge is 0.317 e. The number of likely N-dealkylation sites (tertiary alicyclic amines) is 1. The lowest BCUT2D eigenvalue weighted by Crippen LogP contribution is -2.56. The van der Waals surface area contributed by atoms with Crippen molar-refractivity contribution in [1.82, 2.24) is 9.80 Å². The quantitative estimate of drug-likeness (QED) is 0.867. The van der Waals surface area contributed by atoms with Gasteiger partial charge in [-0.15, -0.1) is 0 Å². The lowest BCUT2D eigenvalue weighted by molar-refractivity contribution is -0.138. The molecule has 19 heavy (non-hydrogen) atoms. The standard InChI is InChI=1S/C13H16N2O4/c16-12(17)8-14-6-9-3-4-10(7-14)15(9)13(18)11-2-1-5-19-11/h1-2,5,9-10H,3-4,6-8H2,(H,16,17)/t9-,10+. The third-order valence-corrected chi connectivity index (χ3v) is 3.88. The molecule has 1 N–H and O–H groups in total. The minimum atomic E-state index is -0.815. The van der Waals surface area contributed by atoms with E-state index in [4.69, 9.17) is 9.52 Å². The van der Waals surface area contributed by atoms with Crippen molar-refractivity contribution in [3.63, 3.8) is 0 Å². The highest BCUT2D eigenvalue weighted by Gasteiger charge is 2.43. The summed E-state index contributed by atoms with van der Waals surface area (Å²) in [5.74, 6) is -0.527. The van der Waals surface area contributed by atoms with Crippen LogP contribution in [0.2, 0.25) is 0 Å². The Hall–Kier alpha value is -1.82. The molecule has 2 aliphatic rings. The monoisotopic (exact) mass is 264 g/mol. The van der Waals surface area contributed by atoms with Gasteiger partial charge in [0, 0.05) is 25.2 Å². The first-order valence-electron chi connectivity index (χ1n) is 6.45. The molecule has 0 unspecified atom stereocenters. The van der Waals surface area contributed by atoms with Crippen LogP contribution in [0.1, 0.15) is 23.4 Å². The molecular weight excluding hydrogens is 248 g/mol. The predicted octanol–water partition coefficient (Wildman–Crippen LogP) is 0.653. The van der Waals surface area contributed by atoms with Crippen molar-refractivity contribution in [3.8, 4) is 0 Å². The van der Waals surface area contributed by atoms with Crippen LogP contribution in [0.4, 0.5) is 0 Å². The van der Waals surface area contributed by atoms with Gasteiger partial charge in [-0.2, -0.15) is 0 Å². The van der Waals surface area contributed by atoms with Gasteiger partial charge in [0.05, 0.1) is 12.8 Å². The highest BCUT2D eigenvalue weighted by molar-refractivity contribution is 5.92. The fourth-order valence-corrected chi connectivity index (χ4v) is 3.17. The Balaban J connectivity index is 1.73. The molecule has 0 aliphatic carbocycles. The lowest BCUT2D eigenvalue weighted by Gasteiger charge is -2.40. The van der Waals surface area contributed by atoms with Gasteiger partial charge in [-0.3, -0.25) is 14.5 Å². The Bertz CT molecular complexity index is 471. The van der Waals surface area contributed by atoms with E-state index in [1.807, 2.05) is 9.80 Å². The van der Waals surface area contributed by atoms with Crippen LogP contribution in [0.15, 0.2) is 22.8 Å². The fraction of sp³-hybridized carbons (Fsp3) is 0.538. The van der Waals surface area contributed by atoms with Crippen molar-refractivity contribution < 1.29 is 19.1 Å². The number of carboxylic acid groups (broad SMARTS) is 1. The summed E-state index contributed by atoms with van der Waals surface area (Å²) >= 11 is 0. The summed E-state index contributed by atoms with van der Waals surface area (Å²) in [6.45, 7) is 1.32. The summed E-state index contributed by atoms with van der Waals surface area (Å²) < 4.78 is 5.17. The lowest BCUT2D eigenvalue weighted by atomic mass is 10.1.